The predicted molar refractivity (Wildman–Crippen MR) is 81.9 cm³/mol. The van der Waals surface area contributed by atoms with Gasteiger partial charge in [0.2, 0.25) is 0 Å². The monoisotopic (exact) mass is 317 g/mol. The van der Waals surface area contributed by atoms with Crippen LogP contribution in [0.2, 0.25) is 0 Å². The molecule has 0 saturated carbocycles. The number of nitrogens with zero attached hydrogens (tertiary/aromatic N) is 1. The third-order valence-corrected chi connectivity index (χ3v) is 4.52. The number of hydrogen-bond donors (Lipinski definition) is 0. The molecule has 6 nitrogen and oxygen atoms in total. The molecule has 0 bridgehead atoms. The van der Waals surface area contributed by atoms with Crippen molar-refractivity contribution < 1.29 is 22.4 Å². The molecule has 0 N–H and O–H groups in total. The van der Waals surface area contributed by atoms with Gasteiger partial charge in [0.1, 0.15) is 5.69 Å². The molecule has 0 aliphatic heterocycles. The van der Waals surface area contributed by atoms with Crippen LogP contribution in [0.4, 0.5) is 5.69 Å². The Labute approximate surface area is 126 Å². The van der Waals surface area contributed by atoms with Gasteiger partial charge >= 0.3 is 0 Å². The van der Waals surface area contributed by atoms with Crippen molar-refractivity contribution in [3.8, 4) is 11.5 Å². The van der Waals surface area contributed by atoms with Crippen molar-refractivity contribution in [2.24, 2.45) is 0 Å². The summed E-state index contributed by atoms with van der Waals surface area (Å²) < 4.78 is 43.2. The van der Waals surface area contributed by atoms with Gasteiger partial charge in [0.25, 0.3) is 0 Å². The maximum Gasteiger partial charge on any atom is 0.166 e. The van der Waals surface area contributed by atoms with Crippen molar-refractivity contribution in [3.63, 3.8) is 0 Å². The molecule has 0 spiro atoms. The first-order chi connectivity index (χ1) is 9.75. The zero-order valence-corrected chi connectivity index (χ0v) is 13.8. The largest absolute Gasteiger partial charge is 0.748 e. The van der Waals surface area contributed by atoms with Gasteiger partial charge in [-0.2, -0.15) is 0 Å². The minimum atomic E-state index is -4.17. The van der Waals surface area contributed by atoms with Crippen molar-refractivity contribution in [2.45, 2.75) is 13.3 Å². The first-order valence-corrected chi connectivity index (χ1v) is 8.34. The fourth-order valence-corrected chi connectivity index (χ4v) is 2.70. The molecule has 1 unspecified atom stereocenters. The van der Waals surface area contributed by atoms with E-state index in [1.165, 1.54) is 0 Å². The molecule has 21 heavy (non-hydrogen) atoms. The van der Waals surface area contributed by atoms with Crippen molar-refractivity contribution in [3.05, 3.63) is 18.2 Å². The van der Waals surface area contributed by atoms with Crippen LogP contribution in [0.25, 0.3) is 0 Å². The van der Waals surface area contributed by atoms with E-state index in [-0.39, 0.29) is 5.75 Å². The molecule has 1 atom stereocenters. The normalized spacial score (nSPS) is 14.5. The summed E-state index contributed by atoms with van der Waals surface area (Å²) in [6.45, 7) is 3.35. The summed E-state index contributed by atoms with van der Waals surface area (Å²) >= 11 is 0. The third kappa shape index (κ3) is 4.87. The van der Waals surface area contributed by atoms with E-state index in [0.29, 0.717) is 28.9 Å². The third-order valence-electron chi connectivity index (χ3n) is 3.73. The number of quaternary nitrogens is 1. The highest BCUT2D eigenvalue weighted by Gasteiger charge is 2.24. The molecule has 0 radical (unpaired) electrons. The second kappa shape index (κ2) is 7.11. The zero-order valence-electron chi connectivity index (χ0n) is 13.0. The predicted octanol–water partition coefficient (Wildman–Crippen LogP) is 1.60. The Morgan fingerprint density at radius 1 is 1.19 bits per heavy atom. The van der Waals surface area contributed by atoms with Crippen LogP contribution in [0, 0.1) is 0 Å². The quantitative estimate of drug-likeness (QED) is 0.538. The molecule has 120 valence electrons. The van der Waals surface area contributed by atoms with Crippen LogP contribution >= 0.6 is 0 Å². The highest BCUT2D eigenvalue weighted by atomic mass is 32.2. The van der Waals surface area contributed by atoms with Crippen LogP contribution in [0.1, 0.15) is 13.3 Å². The average Bonchev–Trinajstić information content (AvgIpc) is 2.44. The smallest absolute Gasteiger partial charge is 0.166 e. The van der Waals surface area contributed by atoms with E-state index in [9.17, 15) is 13.0 Å². The summed E-state index contributed by atoms with van der Waals surface area (Å²) in [6, 6.07) is 5.63. The number of rotatable bonds is 8. The Morgan fingerprint density at radius 3 is 2.29 bits per heavy atom. The number of hydrogen-bond acceptors (Lipinski definition) is 5. The Morgan fingerprint density at radius 2 is 1.81 bits per heavy atom. The van der Waals surface area contributed by atoms with E-state index < -0.39 is 10.1 Å². The van der Waals surface area contributed by atoms with Crippen LogP contribution in [0.3, 0.4) is 0 Å². The Bertz CT molecular complexity index is 573. The first-order valence-electron chi connectivity index (χ1n) is 6.76. The Balaban J connectivity index is 2.97. The van der Waals surface area contributed by atoms with Gasteiger partial charge in [0.05, 0.1) is 44.5 Å². The summed E-state index contributed by atoms with van der Waals surface area (Å²) in [7, 11) is 0.979. The number of methoxy groups -OCH3 is 2. The minimum absolute atomic E-state index is 0.324. The Kier molecular flexibility index (Phi) is 6.00. The van der Waals surface area contributed by atoms with Crippen molar-refractivity contribution in [1.82, 2.24) is 4.48 Å². The lowest BCUT2D eigenvalue weighted by atomic mass is 10.2. The van der Waals surface area contributed by atoms with Crippen molar-refractivity contribution in [1.29, 1.82) is 0 Å². The second-order valence-electron chi connectivity index (χ2n) is 5.09. The van der Waals surface area contributed by atoms with Crippen molar-refractivity contribution in [2.75, 3.05) is 40.1 Å². The topological polar surface area (TPSA) is 75.7 Å². The summed E-state index contributed by atoms with van der Waals surface area (Å²) in [6.07, 6.45) is 0.324. The summed E-state index contributed by atoms with van der Waals surface area (Å²) in [5, 5.41) is 0. The number of ether oxygens (including phenoxy) is 2. The Hall–Kier alpha value is -1.31. The number of benzene rings is 1. The minimum Gasteiger partial charge on any atom is -0.748 e. The van der Waals surface area contributed by atoms with Gasteiger partial charge in [-0.15, -0.1) is 0 Å². The molecule has 0 aromatic heterocycles. The van der Waals surface area contributed by atoms with Crippen LogP contribution in [-0.2, 0) is 10.1 Å². The lowest BCUT2D eigenvalue weighted by molar-refractivity contribution is 0.334. The van der Waals surface area contributed by atoms with Crippen LogP contribution < -0.4 is 14.0 Å². The molecule has 1 rings (SSSR count). The van der Waals surface area contributed by atoms with E-state index >= 15 is 0 Å². The van der Waals surface area contributed by atoms with Gasteiger partial charge in [-0.3, -0.25) is 4.48 Å². The van der Waals surface area contributed by atoms with E-state index in [0.717, 1.165) is 12.2 Å². The van der Waals surface area contributed by atoms with Gasteiger partial charge in [-0.05, 0) is 13.0 Å². The maximum absolute atomic E-state index is 10.7. The molecule has 0 amide bonds. The molecular formula is C14H23NO5S. The second-order valence-corrected chi connectivity index (χ2v) is 6.61. The fourth-order valence-electron chi connectivity index (χ4n) is 2.22. The maximum atomic E-state index is 10.7. The van der Waals surface area contributed by atoms with Crippen LogP contribution in [0.5, 0.6) is 11.5 Å². The van der Waals surface area contributed by atoms with Crippen LogP contribution in [-0.4, -0.2) is 53.1 Å². The van der Waals surface area contributed by atoms with Gasteiger partial charge < -0.3 is 14.0 Å². The summed E-state index contributed by atoms with van der Waals surface area (Å²) in [5.74, 6) is 0.934. The lowest BCUT2D eigenvalue weighted by Gasteiger charge is -2.33. The molecular weight excluding hydrogens is 294 g/mol. The van der Waals surface area contributed by atoms with Crippen LogP contribution in [0.15, 0.2) is 18.2 Å². The highest BCUT2D eigenvalue weighted by molar-refractivity contribution is 7.85. The SMILES string of the molecule is CC[N+](C)(CCCS(=O)(=O)[O-])c1ccc(OC)c(OC)c1. The lowest BCUT2D eigenvalue weighted by Crippen LogP contribution is -2.46. The molecule has 7 heteroatoms. The fraction of sp³-hybridized carbons (Fsp3) is 0.571. The summed E-state index contributed by atoms with van der Waals surface area (Å²) in [5.41, 5.74) is 0.985. The van der Waals surface area contributed by atoms with E-state index in [1.807, 2.05) is 32.2 Å². The van der Waals surface area contributed by atoms with Crippen molar-refractivity contribution >= 4 is 15.8 Å². The average molecular weight is 317 g/mol. The standard InChI is InChI=1S/C14H23NO5S/c1-5-15(2,9-6-10-21(16,17)18)12-7-8-13(19-3)14(11-12)20-4/h7-8,11H,5-6,9-10H2,1-4H3. The molecule has 0 saturated heterocycles. The molecule has 0 aliphatic carbocycles. The molecule has 1 aromatic carbocycles. The molecule has 0 aliphatic rings. The van der Waals surface area contributed by atoms with Gasteiger partial charge in [0, 0.05) is 24.3 Å². The first kappa shape index (κ1) is 17.7. The molecule has 1 aromatic rings. The van der Waals surface area contributed by atoms with Gasteiger partial charge in [0.15, 0.2) is 11.5 Å². The van der Waals surface area contributed by atoms with E-state index in [4.69, 9.17) is 9.47 Å². The van der Waals surface area contributed by atoms with E-state index in [1.54, 1.807) is 14.2 Å². The molecule has 0 fully saturated rings. The van der Waals surface area contributed by atoms with Gasteiger partial charge in [-0.25, -0.2) is 8.42 Å². The summed E-state index contributed by atoms with van der Waals surface area (Å²) in [4.78, 5) is 0. The van der Waals surface area contributed by atoms with Gasteiger partial charge in [-0.1, -0.05) is 0 Å². The molecule has 0 heterocycles. The zero-order chi connectivity index (χ0) is 16.1. The van der Waals surface area contributed by atoms with E-state index in [2.05, 4.69) is 0 Å². The highest BCUT2D eigenvalue weighted by Crippen LogP contribution is 2.33.